The molecular weight excluding hydrogens is 614 g/mol. The van der Waals surface area contributed by atoms with E-state index < -0.39 is 17.7 Å². The number of aromatic nitrogens is 2. The second-order valence-electron chi connectivity index (χ2n) is 12.7. The molecule has 4 aromatic rings. The smallest absolute Gasteiger partial charge is 0.224 e. The fourth-order valence-electron chi connectivity index (χ4n) is 6.83. The van der Waals surface area contributed by atoms with Gasteiger partial charge in [0.1, 0.15) is 24.2 Å². The largest absolute Gasteiger partial charge is 0.381 e. The Morgan fingerprint density at radius 2 is 1.73 bits per heavy atom. The fourth-order valence-corrected chi connectivity index (χ4v) is 6.83. The van der Waals surface area contributed by atoms with Crippen molar-refractivity contribution in [3.63, 3.8) is 0 Å². The molecule has 1 aromatic heterocycles. The van der Waals surface area contributed by atoms with E-state index in [-0.39, 0.29) is 42.4 Å². The molecule has 252 valence electrons. The molecule has 10 heteroatoms. The van der Waals surface area contributed by atoms with Crippen LogP contribution in [0.15, 0.2) is 85.1 Å². The van der Waals surface area contributed by atoms with Gasteiger partial charge in [-0.1, -0.05) is 67.6 Å². The highest BCUT2D eigenvalue weighted by Gasteiger charge is 2.40. The van der Waals surface area contributed by atoms with Gasteiger partial charge < -0.3 is 23.8 Å². The summed E-state index contributed by atoms with van der Waals surface area (Å²) in [5, 5.41) is 0. The zero-order chi connectivity index (χ0) is 33.5. The number of carbonyl (C=O) groups is 2. The van der Waals surface area contributed by atoms with Crippen molar-refractivity contribution >= 4 is 11.8 Å². The number of nitrogens with zero attached hydrogens (tertiary/aromatic N) is 4. The molecule has 48 heavy (non-hydrogen) atoms. The first-order valence-electron chi connectivity index (χ1n) is 16.7. The molecule has 2 atom stereocenters. The zero-order valence-electron chi connectivity index (χ0n) is 27.3. The standard InChI is InChI=1S/C38H42F2N4O4/c1-2-35(45)44(23-29-19-36(46)43(22-29)26-48-25-28-11-7-4-8-12-28)37(30-15-17-47-18-16-30)38-41-34(32-20-31(39)13-14-33(32)40)24-42(38)21-27-9-5-3-6-10-27/h3-14,20,24,29-30,37H,2,15-19,21-23,25-26H2,1H3. The van der Waals surface area contributed by atoms with E-state index >= 15 is 4.39 Å². The molecule has 8 nitrogen and oxygen atoms in total. The predicted octanol–water partition coefficient (Wildman–Crippen LogP) is 6.61. The van der Waals surface area contributed by atoms with E-state index in [4.69, 9.17) is 14.5 Å². The third-order valence-electron chi connectivity index (χ3n) is 9.25. The average Bonchev–Trinajstić information content (AvgIpc) is 3.68. The van der Waals surface area contributed by atoms with Crippen molar-refractivity contribution in [1.29, 1.82) is 0 Å². The van der Waals surface area contributed by atoms with E-state index in [1.165, 1.54) is 0 Å². The Morgan fingerprint density at radius 3 is 2.44 bits per heavy atom. The molecule has 3 heterocycles. The predicted molar refractivity (Wildman–Crippen MR) is 177 cm³/mol. The Hall–Kier alpha value is -4.41. The first-order valence-corrected chi connectivity index (χ1v) is 16.7. The minimum absolute atomic E-state index is 0.00554. The summed E-state index contributed by atoms with van der Waals surface area (Å²) < 4.78 is 43.0. The maximum Gasteiger partial charge on any atom is 0.224 e. The Morgan fingerprint density at radius 1 is 1.02 bits per heavy atom. The molecule has 3 aromatic carbocycles. The van der Waals surface area contributed by atoms with Crippen LogP contribution < -0.4 is 0 Å². The van der Waals surface area contributed by atoms with Gasteiger partial charge in [0.05, 0.1) is 18.3 Å². The third kappa shape index (κ3) is 7.99. The van der Waals surface area contributed by atoms with E-state index in [0.29, 0.717) is 70.2 Å². The first kappa shape index (κ1) is 33.5. The van der Waals surface area contributed by atoms with Crippen LogP contribution >= 0.6 is 0 Å². The molecule has 0 N–H and O–H groups in total. The van der Waals surface area contributed by atoms with Crippen molar-refractivity contribution in [3.8, 4) is 11.3 Å². The van der Waals surface area contributed by atoms with Gasteiger partial charge in [0.25, 0.3) is 0 Å². The van der Waals surface area contributed by atoms with E-state index in [0.717, 1.165) is 29.3 Å². The van der Waals surface area contributed by atoms with Crippen LogP contribution in [0.1, 0.15) is 55.6 Å². The highest BCUT2D eigenvalue weighted by Crippen LogP contribution is 2.38. The molecule has 2 saturated heterocycles. The van der Waals surface area contributed by atoms with E-state index in [9.17, 15) is 14.0 Å². The molecular formula is C38H42F2N4O4. The van der Waals surface area contributed by atoms with Crippen LogP contribution in [0.3, 0.4) is 0 Å². The molecule has 2 fully saturated rings. The number of ether oxygens (including phenoxy) is 2. The number of benzene rings is 3. The van der Waals surface area contributed by atoms with Gasteiger partial charge in [0.2, 0.25) is 11.8 Å². The molecule has 2 unspecified atom stereocenters. The SMILES string of the molecule is CCC(=O)N(CC1CC(=O)N(COCc2ccccc2)C1)C(c1nc(-c2cc(F)ccc2F)cn1Cc1ccccc1)C1CCOCC1. The second-order valence-corrected chi connectivity index (χ2v) is 12.7. The van der Waals surface area contributed by atoms with Gasteiger partial charge in [-0.3, -0.25) is 9.59 Å². The Labute approximate surface area is 280 Å². The van der Waals surface area contributed by atoms with E-state index in [1.54, 1.807) is 11.1 Å². The summed E-state index contributed by atoms with van der Waals surface area (Å²) in [6, 6.07) is 22.6. The van der Waals surface area contributed by atoms with E-state index in [2.05, 4.69) is 0 Å². The average molecular weight is 657 g/mol. The van der Waals surface area contributed by atoms with Gasteiger partial charge in [0, 0.05) is 63.4 Å². The van der Waals surface area contributed by atoms with Crippen LogP contribution in [-0.2, 0) is 32.2 Å². The van der Waals surface area contributed by atoms with Gasteiger partial charge in [-0.05, 0) is 48.1 Å². The highest BCUT2D eigenvalue weighted by molar-refractivity contribution is 5.79. The summed E-state index contributed by atoms with van der Waals surface area (Å²) in [6.45, 7) is 4.78. The van der Waals surface area contributed by atoms with Crippen LogP contribution in [0.2, 0.25) is 0 Å². The van der Waals surface area contributed by atoms with Gasteiger partial charge >= 0.3 is 0 Å². The Bertz CT molecular complexity index is 1680. The van der Waals surface area contributed by atoms with Gasteiger partial charge in [-0.2, -0.15) is 0 Å². The quantitative estimate of drug-likeness (QED) is 0.162. The molecule has 0 spiro atoms. The second kappa shape index (κ2) is 15.7. The lowest BCUT2D eigenvalue weighted by Crippen LogP contribution is -2.44. The number of hydrogen-bond acceptors (Lipinski definition) is 5. The fraction of sp³-hybridized carbons (Fsp3) is 0.395. The number of carbonyl (C=O) groups excluding carboxylic acids is 2. The molecule has 0 radical (unpaired) electrons. The first-order chi connectivity index (χ1) is 23.4. The number of rotatable bonds is 13. The van der Waals surface area contributed by atoms with Crippen LogP contribution in [0.5, 0.6) is 0 Å². The molecule has 2 aliphatic rings. The number of halogens is 2. The lowest BCUT2D eigenvalue weighted by molar-refractivity contribution is -0.137. The topological polar surface area (TPSA) is 76.9 Å². The van der Waals surface area contributed by atoms with Crippen molar-refractivity contribution in [3.05, 3.63) is 114 Å². The minimum Gasteiger partial charge on any atom is -0.381 e. The van der Waals surface area contributed by atoms with Crippen molar-refractivity contribution < 1.29 is 27.8 Å². The van der Waals surface area contributed by atoms with Gasteiger partial charge in [-0.15, -0.1) is 0 Å². The lowest BCUT2D eigenvalue weighted by Gasteiger charge is -2.39. The summed E-state index contributed by atoms with van der Waals surface area (Å²) >= 11 is 0. The van der Waals surface area contributed by atoms with Gasteiger partial charge in [-0.25, -0.2) is 13.8 Å². The summed E-state index contributed by atoms with van der Waals surface area (Å²) in [4.78, 5) is 35.6. The summed E-state index contributed by atoms with van der Waals surface area (Å²) in [6.07, 6.45) is 3.76. The summed E-state index contributed by atoms with van der Waals surface area (Å²) in [5.41, 5.74) is 2.41. The third-order valence-corrected chi connectivity index (χ3v) is 9.25. The van der Waals surface area contributed by atoms with E-state index in [1.807, 2.05) is 77.1 Å². The molecule has 2 amide bonds. The molecule has 0 saturated carbocycles. The maximum atomic E-state index is 15.1. The van der Waals surface area contributed by atoms with Crippen molar-refractivity contribution in [1.82, 2.24) is 19.4 Å². The normalized spacial score (nSPS) is 17.5. The lowest BCUT2D eigenvalue weighted by atomic mass is 9.88. The van der Waals surface area contributed by atoms with Crippen LogP contribution in [0.4, 0.5) is 8.78 Å². The van der Waals surface area contributed by atoms with Crippen LogP contribution in [0.25, 0.3) is 11.3 Å². The Balaban J connectivity index is 1.32. The molecule has 0 aliphatic carbocycles. The maximum absolute atomic E-state index is 15.1. The molecule has 2 aliphatic heterocycles. The Kier molecular flexibility index (Phi) is 10.9. The minimum atomic E-state index is -0.574. The number of imidazole rings is 1. The summed E-state index contributed by atoms with van der Waals surface area (Å²) in [7, 11) is 0. The highest BCUT2D eigenvalue weighted by atomic mass is 19.1. The van der Waals surface area contributed by atoms with Gasteiger partial charge in [0.15, 0.2) is 0 Å². The molecule has 6 rings (SSSR count). The van der Waals surface area contributed by atoms with Crippen molar-refractivity contribution in [2.24, 2.45) is 11.8 Å². The number of amides is 2. The molecule has 0 bridgehead atoms. The zero-order valence-corrected chi connectivity index (χ0v) is 27.3. The van der Waals surface area contributed by atoms with Crippen molar-refractivity contribution in [2.75, 3.05) is 33.0 Å². The number of hydrogen-bond donors (Lipinski definition) is 0. The van der Waals surface area contributed by atoms with Crippen LogP contribution in [-0.4, -0.2) is 64.2 Å². The van der Waals surface area contributed by atoms with Crippen molar-refractivity contribution in [2.45, 2.75) is 51.8 Å². The number of likely N-dealkylation sites (tertiary alicyclic amines) is 1. The summed E-state index contributed by atoms with van der Waals surface area (Å²) in [5.74, 6) is -0.668. The van der Waals surface area contributed by atoms with Crippen LogP contribution in [0, 0.1) is 23.5 Å². The monoisotopic (exact) mass is 656 g/mol.